The molecule has 0 aliphatic carbocycles. The predicted molar refractivity (Wildman–Crippen MR) is 59.7 cm³/mol. The zero-order valence-corrected chi connectivity index (χ0v) is 10.7. The van der Waals surface area contributed by atoms with Gasteiger partial charge in [-0.1, -0.05) is 0 Å². The van der Waals surface area contributed by atoms with Gasteiger partial charge in [-0.05, 0) is 12.5 Å². The average Bonchev–Trinajstić information content (AvgIpc) is 2.35. The van der Waals surface area contributed by atoms with Crippen molar-refractivity contribution in [1.29, 1.82) is 0 Å². The van der Waals surface area contributed by atoms with Gasteiger partial charge in [0.05, 0.1) is 12.2 Å². The second kappa shape index (κ2) is 6.66. The normalized spacial score (nSPS) is 11.6. The van der Waals surface area contributed by atoms with Gasteiger partial charge in [-0.25, -0.2) is 18.6 Å². The molecule has 118 valence electrons. The second-order valence-corrected chi connectivity index (χ2v) is 3.65. The number of carbonyl (C=O) groups is 1. The molecule has 0 saturated heterocycles. The average molecular weight is 314 g/mol. The smallest absolute Gasteiger partial charge is 0.462 e. The summed E-state index contributed by atoms with van der Waals surface area (Å²) in [5, 5.41) is 0. The van der Waals surface area contributed by atoms with Crippen molar-refractivity contribution in [1.82, 2.24) is 4.98 Å². The van der Waals surface area contributed by atoms with E-state index in [4.69, 9.17) is 5.73 Å². The summed E-state index contributed by atoms with van der Waals surface area (Å²) in [6.07, 6.45) is -8.41. The lowest BCUT2D eigenvalue weighted by Gasteiger charge is -2.15. The molecule has 0 radical (unpaired) electrons. The Labute approximate surface area is 115 Å². The standard InChI is InChI=1S/C11H11F5N2O3/c1-2-20-10(19)7-5(4-17)3-6(21-11(14,15)16)18-8(7)9(12)13/h3,9H,2,4,17H2,1H3. The number of hydrogen-bond donors (Lipinski definition) is 1. The van der Waals surface area contributed by atoms with Crippen molar-refractivity contribution < 1.29 is 36.2 Å². The van der Waals surface area contributed by atoms with E-state index in [0.29, 0.717) is 6.07 Å². The lowest BCUT2D eigenvalue weighted by Crippen LogP contribution is -2.21. The summed E-state index contributed by atoms with van der Waals surface area (Å²) in [5.41, 5.74) is 3.17. The van der Waals surface area contributed by atoms with Gasteiger partial charge in [0.2, 0.25) is 5.88 Å². The number of nitrogens with zero attached hydrogens (tertiary/aromatic N) is 1. The number of hydrogen-bond acceptors (Lipinski definition) is 5. The van der Waals surface area contributed by atoms with Crippen LogP contribution in [0.2, 0.25) is 0 Å². The Balaban J connectivity index is 3.39. The highest BCUT2D eigenvalue weighted by Crippen LogP contribution is 2.30. The van der Waals surface area contributed by atoms with Crippen LogP contribution in [-0.2, 0) is 11.3 Å². The van der Waals surface area contributed by atoms with E-state index in [1.165, 1.54) is 6.92 Å². The van der Waals surface area contributed by atoms with Crippen LogP contribution in [0.15, 0.2) is 6.07 Å². The molecule has 1 aromatic heterocycles. The van der Waals surface area contributed by atoms with Gasteiger partial charge in [0, 0.05) is 12.6 Å². The van der Waals surface area contributed by atoms with Gasteiger partial charge in [-0.3, -0.25) is 0 Å². The van der Waals surface area contributed by atoms with Crippen molar-refractivity contribution in [2.24, 2.45) is 5.73 Å². The maximum atomic E-state index is 12.9. The Kier molecular flexibility index (Phi) is 5.41. The molecule has 0 unspecified atom stereocenters. The molecule has 1 rings (SSSR count). The second-order valence-electron chi connectivity index (χ2n) is 3.65. The van der Waals surface area contributed by atoms with Gasteiger partial charge in [0.15, 0.2) is 0 Å². The van der Waals surface area contributed by atoms with Crippen LogP contribution in [0.1, 0.15) is 35.0 Å². The fourth-order valence-electron chi connectivity index (χ4n) is 1.52. The molecule has 0 aliphatic heterocycles. The van der Waals surface area contributed by atoms with E-state index in [9.17, 15) is 26.7 Å². The SMILES string of the molecule is CCOC(=O)c1c(CN)cc(OC(F)(F)F)nc1C(F)F. The highest BCUT2D eigenvalue weighted by molar-refractivity contribution is 5.92. The number of ether oxygens (including phenoxy) is 2. The molecule has 0 aromatic carbocycles. The zero-order valence-electron chi connectivity index (χ0n) is 10.7. The number of nitrogens with two attached hydrogens (primary N) is 1. The van der Waals surface area contributed by atoms with E-state index < -0.39 is 42.4 Å². The van der Waals surface area contributed by atoms with E-state index in [0.717, 1.165) is 0 Å². The minimum atomic E-state index is -5.11. The zero-order chi connectivity index (χ0) is 16.2. The molecule has 0 fully saturated rings. The minimum Gasteiger partial charge on any atom is -0.462 e. The van der Waals surface area contributed by atoms with Gasteiger partial charge in [0.25, 0.3) is 6.43 Å². The maximum Gasteiger partial charge on any atom is 0.574 e. The largest absolute Gasteiger partial charge is 0.574 e. The number of alkyl halides is 5. The molecule has 21 heavy (non-hydrogen) atoms. The van der Waals surface area contributed by atoms with Crippen LogP contribution < -0.4 is 10.5 Å². The molecule has 0 spiro atoms. The minimum absolute atomic E-state index is 0.105. The Morgan fingerprint density at radius 1 is 1.43 bits per heavy atom. The third-order valence-electron chi connectivity index (χ3n) is 2.23. The summed E-state index contributed by atoms with van der Waals surface area (Å²) in [6.45, 7) is 0.869. The highest BCUT2D eigenvalue weighted by Gasteiger charge is 2.34. The molecule has 2 N–H and O–H groups in total. The Morgan fingerprint density at radius 2 is 2.05 bits per heavy atom. The van der Waals surface area contributed by atoms with Gasteiger partial charge in [-0.2, -0.15) is 0 Å². The summed E-state index contributed by atoms with van der Waals surface area (Å²) in [7, 11) is 0. The molecule has 0 aliphatic rings. The van der Waals surface area contributed by atoms with Crippen LogP contribution in [-0.4, -0.2) is 23.9 Å². The van der Waals surface area contributed by atoms with Crippen LogP contribution in [0.25, 0.3) is 0 Å². The first-order valence-electron chi connectivity index (χ1n) is 5.64. The summed E-state index contributed by atoms with van der Waals surface area (Å²) >= 11 is 0. The van der Waals surface area contributed by atoms with Crippen molar-refractivity contribution in [2.75, 3.05) is 6.61 Å². The third-order valence-corrected chi connectivity index (χ3v) is 2.23. The molecule has 0 atom stereocenters. The van der Waals surface area contributed by atoms with Crippen molar-refractivity contribution in [2.45, 2.75) is 26.3 Å². The van der Waals surface area contributed by atoms with Gasteiger partial charge >= 0.3 is 12.3 Å². The topological polar surface area (TPSA) is 74.4 Å². The highest BCUT2D eigenvalue weighted by atomic mass is 19.4. The number of carbonyl (C=O) groups excluding carboxylic acids is 1. The molecular formula is C11H11F5N2O3. The fourth-order valence-corrected chi connectivity index (χ4v) is 1.52. The van der Waals surface area contributed by atoms with Crippen molar-refractivity contribution in [3.8, 4) is 5.88 Å². The summed E-state index contributed by atoms with van der Waals surface area (Å²) < 4.78 is 70.2. The molecule has 0 saturated carbocycles. The Hall–Kier alpha value is -1.97. The van der Waals surface area contributed by atoms with Crippen molar-refractivity contribution in [3.05, 3.63) is 22.9 Å². The molecule has 10 heteroatoms. The Bertz CT molecular complexity index is 519. The molecule has 1 heterocycles. The molecule has 1 aromatic rings. The van der Waals surface area contributed by atoms with E-state index >= 15 is 0 Å². The molecule has 0 bridgehead atoms. The Morgan fingerprint density at radius 3 is 2.48 bits per heavy atom. The predicted octanol–water partition coefficient (Wildman–Crippen LogP) is 2.55. The first kappa shape index (κ1) is 17.1. The fraction of sp³-hybridized carbons (Fsp3) is 0.455. The van der Waals surface area contributed by atoms with E-state index in [2.05, 4.69) is 14.5 Å². The van der Waals surface area contributed by atoms with Crippen molar-refractivity contribution >= 4 is 5.97 Å². The van der Waals surface area contributed by atoms with Crippen LogP contribution in [0, 0.1) is 0 Å². The van der Waals surface area contributed by atoms with Crippen LogP contribution in [0.4, 0.5) is 22.0 Å². The van der Waals surface area contributed by atoms with E-state index in [1.54, 1.807) is 0 Å². The quantitative estimate of drug-likeness (QED) is 0.668. The maximum absolute atomic E-state index is 12.9. The molecule has 0 amide bonds. The lowest BCUT2D eigenvalue weighted by atomic mass is 10.1. The van der Waals surface area contributed by atoms with Crippen molar-refractivity contribution in [3.63, 3.8) is 0 Å². The van der Waals surface area contributed by atoms with E-state index in [-0.39, 0.29) is 12.2 Å². The number of pyridine rings is 1. The summed E-state index contributed by atoms with van der Waals surface area (Å²) in [4.78, 5) is 14.7. The summed E-state index contributed by atoms with van der Waals surface area (Å²) in [5.74, 6) is -2.26. The first-order valence-corrected chi connectivity index (χ1v) is 5.64. The first-order chi connectivity index (χ1) is 9.69. The van der Waals surface area contributed by atoms with E-state index in [1.807, 2.05) is 0 Å². The number of rotatable bonds is 5. The number of esters is 1. The van der Waals surface area contributed by atoms with Gasteiger partial charge in [0.1, 0.15) is 5.69 Å². The van der Waals surface area contributed by atoms with Crippen LogP contribution in [0.3, 0.4) is 0 Å². The van der Waals surface area contributed by atoms with Gasteiger partial charge < -0.3 is 15.2 Å². The van der Waals surface area contributed by atoms with Gasteiger partial charge in [-0.15, -0.1) is 13.2 Å². The summed E-state index contributed by atoms with van der Waals surface area (Å²) in [6, 6.07) is 0.672. The number of aromatic nitrogens is 1. The molecule has 5 nitrogen and oxygen atoms in total. The van der Waals surface area contributed by atoms with Crippen LogP contribution in [0.5, 0.6) is 5.88 Å². The number of halogens is 5. The third kappa shape index (κ3) is 4.52. The van der Waals surface area contributed by atoms with Crippen LogP contribution >= 0.6 is 0 Å². The monoisotopic (exact) mass is 314 g/mol. The lowest BCUT2D eigenvalue weighted by molar-refractivity contribution is -0.276. The molecular weight excluding hydrogens is 303 g/mol.